The average Bonchev–Trinajstić information content (AvgIpc) is 2.90. The van der Waals surface area contributed by atoms with Gasteiger partial charge in [-0.25, -0.2) is 0 Å². The molecular formula is C22H39N. The largest absolute Gasteiger partial charge is 0.299 e. The molecule has 1 heterocycles. The zero-order valence-corrected chi connectivity index (χ0v) is 16.5. The van der Waals surface area contributed by atoms with Crippen molar-refractivity contribution in [2.75, 3.05) is 13.6 Å². The van der Waals surface area contributed by atoms with Gasteiger partial charge in [0.25, 0.3) is 0 Å². The Balaban J connectivity index is 0.000000816. The maximum atomic E-state index is 2.48. The Morgan fingerprint density at radius 1 is 1.04 bits per heavy atom. The molecule has 1 nitrogen and oxygen atoms in total. The molecule has 0 bridgehead atoms. The van der Waals surface area contributed by atoms with E-state index in [4.69, 9.17) is 0 Å². The van der Waals surface area contributed by atoms with Crippen LogP contribution in [0.2, 0.25) is 0 Å². The molecule has 1 aromatic rings. The van der Waals surface area contributed by atoms with Gasteiger partial charge in [0.05, 0.1) is 0 Å². The van der Waals surface area contributed by atoms with E-state index in [2.05, 4.69) is 70.8 Å². The number of hydrogen-bond acceptors (Lipinski definition) is 1. The van der Waals surface area contributed by atoms with Crippen LogP contribution in [0, 0.1) is 5.41 Å². The lowest BCUT2D eigenvalue weighted by Gasteiger charge is -2.20. The SMILES string of the molecule is CCC.CN1CCCC1c1ccc(CCCCC(C)(C)C)cc1. The molecule has 0 radical (unpaired) electrons. The Bertz CT molecular complexity index is 413. The maximum absolute atomic E-state index is 2.48. The number of nitrogens with zero attached hydrogens (tertiary/aromatic N) is 1. The smallest absolute Gasteiger partial charge is 0.0345 e. The monoisotopic (exact) mass is 317 g/mol. The molecule has 1 saturated heterocycles. The highest BCUT2D eigenvalue weighted by atomic mass is 15.1. The van der Waals surface area contributed by atoms with Gasteiger partial charge in [-0.1, -0.05) is 71.7 Å². The fourth-order valence-electron chi connectivity index (χ4n) is 3.22. The molecule has 132 valence electrons. The summed E-state index contributed by atoms with van der Waals surface area (Å²) in [7, 11) is 2.25. The predicted octanol–water partition coefficient (Wildman–Crippen LogP) is 6.63. The quantitative estimate of drug-likeness (QED) is 0.551. The first kappa shape index (κ1) is 20.2. The lowest BCUT2D eigenvalue weighted by Crippen LogP contribution is -2.17. The Morgan fingerprint density at radius 3 is 2.13 bits per heavy atom. The molecule has 2 rings (SSSR count). The van der Waals surface area contributed by atoms with Gasteiger partial charge in [0.1, 0.15) is 0 Å². The van der Waals surface area contributed by atoms with E-state index in [9.17, 15) is 0 Å². The van der Waals surface area contributed by atoms with Gasteiger partial charge in [-0.05, 0) is 62.2 Å². The van der Waals surface area contributed by atoms with Crippen LogP contribution in [0.4, 0.5) is 0 Å². The van der Waals surface area contributed by atoms with E-state index in [1.54, 1.807) is 0 Å². The topological polar surface area (TPSA) is 3.24 Å². The second-order valence-electron chi connectivity index (χ2n) is 8.36. The molecule has 1 atom stereocenters. The maximum Gasteiger partial charge on any atom is 0.0345 e. The van der Waals surface area contributed by atoms with Crippen molar-refractivity contribution < 1.29 is 0 Å². The summed E-state index contributed by atoms with van der Waals surface area (Å²) < 4.78 is 0. The Labute approximate surface area is 145 Å². The Kier molecular flexibility index (Phi) is 8.91. The molecule has 0 aromatic heterocycles. The summed E-state index contributed by atoms with van der Waals surface area (Å²) in [6.45, 7) is 12.5. The van der Waals surface area contributed by atoms with Crippen LogP contribution in [0.3, 0.4) is 0 Å². The summed E-state index contributed by atoms with van der Waals surface area (Å²) in [6, 6.07) is 10.1. The highest BCUT2D eigenvalue weighted by Gasteiger charge is 2.22. The van der Waals surface area contributed by atoms with Crippen molar-refractivity contribution in [3.8, 4) is 0 Å². The molecule has 1 aliphatic rings. The van der Waals surface area contributed by atoms with Crippen molar-refractivity contribution in [3.05, 3.63) is 35.4 Å². The van der Waals surface area contributed by atoms with E-state index in [1.165, 1.54) is 62.6 Å². The third kappa shape index (κ3) is 8.01. The number of hydrogen-bond donors (Lipinski definition) is 0. The van der Waals surface area contributed by atoms with Crippen LogP contribution in [-0.4, -0.2) is 18.5 Å². The summed E-state index contributed by atoms with van der Waals surface area (Å²) >= 11 is 0. The van der Waals surface area contributed by atoms with E-state index >= 15 is 0 Å². The van der Waals surface area contributed by atoms with Gasteiger partial charge in [0, 0.05) is 6.04 Å². The Hall–Kier alpha value is -0.820. The summed E-state index contributed by atoms with van der Waals surface area (Å²) in [5.74, 6) is 0. The third-order valence-electron chi connectivity index (χ3n) is 4.53. The summed E-state index contributed by atoms with van der Waals surface area (Å²) in [5, 5.41) is 0. The van der Waals surface area contributed by atoms with Crippen molar-refractivity contribution in [1.82, 2.24) is 4.90 Å². The average molecular weight is 318 g/mol. The van der Waals surface area contributed by atoms with Gasteiger partial charge in [-0.15, -0.1) is 0 Å². The molecule has 23 heavy (non-hydrogen) atoms. The van der Waals surface area contributed by atoms with Crippen molar-refractivity contribution >= 4 is 0 Å². The predicted molar refractivity (Wildman–Crippen MR) is 104 cm³/mol. The molecule has 1 fully saturated rings. The zero-order chi connectivity index (χ0) is 17.3. The number of likely N-dealkylation sites (tertiary alicyclic amines) is 1. The Morgan fingerprint density at radius 2 is 1.65 bits per heavy atom. The molecular weight excluding hydrogens is 278 g/mol. The third-order valence-corrected chi connectivity index (χ3v) is 4.53. The number of benzene rings is 1. The van der Waals surface area contributed by atoms with Crippen LogP contribution in [0.25, 0.3) is 0 Å². The van der Waals surface area contributed by atoms with E-state index in [1.807, 2.05) is 0 Å². The van der Waals surface area contributed by atoms with Crippen LogP contribution in [-0.2, 0) is 6.42 Å². The van der Waals surface area contributed by atoms with Crippen LogP contribution in [0.1, 0.15) is 90.3 Å². The van der Waals surface area contributed by atoms with Gasteiger partial charge in [-0.2, -0.15) is 0 Å². The van der Waals surface area contributed by atoms with E-state index in [-0.39, 0.29) is 0 Å². The second kappa shape index (κ2) is 10.1. The molecule has 1 heteroatoms. The zero-order valence-electron chi connectivity index (χ0n) is 16.5. The van der Waals surface area contributed by atoms with E-state index in [0.717, 1.165) is 0 Å². The first-order valence-corrected chi connectivity index (χ1v) is 9.66. The van der Waals surface area contributed by atoms with E-state index in [0.29, 0.717) is 11.5 Å². The number of unbranched alkanes of at least 4 members (excludes halogenated alkanes) is 1. The van der Waals surface area contributed by atoms with Crippen LogP contribution >= 0.6 is 0 Å². The van der Waals surface area contributed by atoms with Crippen molar-refractivity contribution in [3.63, 3.8) is 0 Å². The normalized spacial score (nSPS) is 18.6. The van der Waals surface area contributed by atoms with Crippen LogP contribution in [0.15, 0.2) is 24.3 Å². The van der Waals surface area contributed by atoms with Crippen LogP contribution < -0.4 is 0 Å². The fourth-order valence-corrected chi connectivity index (χ4v) is 3.22. The molecule has 0 amide bonds. The number of aryl methyl sites for hydroxylation is 1. The lowest BCUT2D eigenvalue weighted by molar-refractivity contribution is 0.317. The lowest BCUT2D eigenvalue weighted by atomic mass is 9.89. The van der Waals surface area contributed by atoms with Crippen molar-refractivity contribution in [2.45, 2.75) is 85.6 Å². The fraction of sp³-hybridized carbons (Fsp3) is 0.727. The standard InChI is InChI=1S/C19H31N.C3H8/c1-19(2,3)14-6-5-8-16-10-12-17(13-11-16)18-9-7-15-20(18)4;1-3-2/h10-13,18H,5-9,14-15H2,1-4H3;3H2,1-2H3. The van der Waals surface area contributed by atoms with Crippen molar-refractivity contribution in [1.29, 1.82) is 0 Å². The summed E-state index contributed by atoms with van der Waals surface area (Å²) in [4.78, 5) is 2.48. The first-order chi connectivity index (χ1) is 10.9. The van der Waals surface area contributed by atoms with Gasteiger partial charge in [-0.3, -0.25) is 4.90 Å². The molecule has 0 aliphatic carbocycles. The van der Waals surface area contributed by atoms with Gasteiger partial charge >= 0.3 is 0 Å². The number of rotatable bonds is 5. The minimum absolute atomic E-state index is 0.483. The van der Waals surface area contributed by atoms with Gasteiger partial charge < -0.3 is 0 Å². The molecule has 1 aliphatic heterocycles. The highest BCUT2D eigenvalue weighted by Crippen LogP contribution is 2.30. The molecule has 0 N–H and O–H groups in total. The summed E-state index contributed by atoms with van der Waals surface area (Å²) in [5.41, 5.74) is 3.49. The second-order valence-corrected chi connectivity index (χ2v) is 8.36. The van der Waals surface area contributed by atoms with Gasteiger partial charge in [0.15, 0.2) is 0 Å². The van der Waals surface area contributed by atoms with Crippen molar-refractivity contribution in [2.24, 2.45) is 5.41 Å². The van der Waals surface area contributed by atoms with E-state index < -0.39 is 0 Å². The molecule has 0 spiro atoms. The minimum Gasteiger partial charge on any atom is -0.299 e. The summed E-state index contributed by atoms with van der Waals surface area (Å²) in [6.07, 6.45) is 9.14. The van der Waals surface area contributed by atoms with Gasteiger partial charge in [0.2, 0.25) is 0 Å². The highest BCUT2D eigenvalue weighted by molar-refractivity contribution is 5.25. The molecule has 0 saturated carbocycles. The first-order valence-electron chi connectivity index (χ1n) is 9.66. The molecule has 1 aromatic carbocycles. The minimum atomic E-state index is 0.483. The van der Waals surface area contributed by atoms with Crippen LogP contribution in [0.5, 0.6) is 0 Å². The molecule has 1 unspecified atom stereocenters.